The summed E-state index contributed by atoms with van der Waals surface area (Å²) >= 11 is 6.13. The molecule has 0 aliphatic carbocycles. The zero-order valence-corrected chi connectivity index (χ0v) is 13.9. The molecule has 0 saturated heterocycles. The van der Waals surface area contributed by atoms with Crippen LogP contribution in [-0.2, 0) is 6.54 Å². The Morgan fingerprint density at radius 3 is 2.74 bits per heavy atom. The molecule has 2 aromatic carbocycles. The maximum atomic E-state index is 12.6. The van der Waals surface area contributed by atoms with Crippen LogP contribution in [0.25, 0.3) is 21.8 Å². The third kappa shape index (κ3) is 2.38. The van der Waals surface area contributed by atoms with Crippen molar-refractivity contribution in [2.24, 2.45) is 0 Å². The van der Waals surface area contributed by atoms with Gasteiger partial charge in [0, 0.05) is 52.0 Å². The number of amides is 1. The van der Waals surface area contributed by atoms with Crippen molar-refractivity contribution >= 4 is 39.3 Å². The molecule has 3 aromatic rings. The van der Waals surface area contributed by atoms with Crippen LogP contribution in [0.5, 0.6) is 0 Å². The van der Waals surface area contributed by atoms with Crippen molar-refractivity contribution in [2.45, 2.75) is 6.54 Å². The normalized spacial score (nSPS) is 14.4. The molecule has 0 saturated carbocycles. The Bertz CT molecular complexity index is 929. The summed E-state index contributed by atoms with van der Waals surface area (Å²) in [6.07, 6.45) is 0. The van der Waals surface area contributed by atoms with E-state index in [-0.39, 0.29) is 5.91 Å². The molecule has 23 heavy (non-hydrogen) atoms. The van der Waals surface area contributed by atoms with E-state index in [9.17, 15) is 4.79 Å². The number of hydrogen-bond donors (Lipinski definition) is 1. The van der Waals surface area contributed by atoms with E-state index in [0.29, 0.717) is 6.54 Å². The van der Waals surface area contributed by atoms with E-state index in [0.717, 1.165) is 51.0 Å². The highest BCUT2D eigenvalue weighted by molar-refractivity contribution is 6.31. The standard InChI is InChI=1S/C18H18ClN3O/c1-21(2)5-6-22-10-11-7-14-15-8-12(19)3-4-16(15)20-17(14)9-13(11)18(22)23/h3-4,7-9,20H,5-6,10H2,1-2H3. The Morgan fingerprint density at radius 2 is 1.96 bits per heavy atom. The molecular formula is C18H18ClN3O. The summed E-state index contributed by atoms with van der Waals surface area (Å²) in [5.74, 6) is 0.125. The second kappa shape index (κ2) is 5.25. The number of hydrogen-bond acceptors (Lipinski definition) is 2. The van der Waals surface area contributed by atoms with Gasteiger partial charge in [0.25, 0.3) is 5.91 Å². The summed E-state index contributed by atoms with van der Waals surface area (Å²) in [5.41, 5.74) is 3.95. The first kappa shape index (κ1) is 14.5. The fraction of sp³-hybridized carbons (Fsp3) is 0.278. The van der Waals surface area contributed by atoms with E-state index in [2.05, 4.69) is 16.0 Å². The van der Waals surface area contributed by atoms with Crippen LogP contribution in [0.4, 0.5) is 0 Å². The number of carbonyl (C=O) groups is 1. The molecule has 4 nitrogen and oxygen atoms in total. The Labute approximate surface area is 139 Å². The molecule has 1 aromatic heterocycles. The SMILES string of the molecule is CN(C)CCN1Cc2cc3c(cc2C1=O)[nH]c1ccc(Cl)cc13. The van der Waals surface area contributed by atoms with Crippen molar-refractivity contribution in [1.29, 1.82) is 0 Å². The largest absolute Gasteiger partial charge is 0.354 e. The van der Waals surface area contributed by atoms with Gasteiger partial charge in [0.05, 0.1) is 0 Å². The van der Waals surface area contributed by atoms with E-state index in [1.807, 2.05) is 43.3 Å². The number of aromatic amines is 1. The van der Waals surface area contributed by atoms with Gasteiger partial charge in [-0.3, -0.25) is 4.79 Å². The number of nitrogens with zero attached hydrogens (tertiary/aromatic N) is 2. The van der Waals surface area contributed by atoms with Gasteiger partial charge >= 0.3 is 0 Å². The summed E-state index contributed by atoms with van der Waals surface area (Å²) in [4.78, 5) is 20.0. The minimum absolute atomic E-state index is 0.125. The van der Waals surface area contributed by atoms with Gasteiger partial charge in [0.15, 0.2) is 0 Å². The summed E-state index contributed by atoms with van der Waals surface area (Å²) in [6.45, 7) is 2.31. The maximum absolute atomic E-state index is 12.6. The molecule has 4 rings (SSSR count). The lowest BCUT2D eigenvalue weighted by atomic mass is 10.1. The Hall–Kier alpha value is -2.04. The van der Waals surface area contributed by atoms with Gasteiger partial charge in [-0.15, -0.1) is 0 Å². The first-order valence-corrected chi connectivity index (χ1v) is 8.08. The van der Waals surface area contributed by atoms with Crippen molar-refractivity contribution in [3.05, 3.63) is 46.5 Å². The highest BCUT2D eigenvalue weighted by Crippen LogP contribution is 2.33. The molecule has 0 unspecified atom stereocenters. The van der Waals surface area contributed by atoms with Crippen molar-refractivity contribution in [3.8, 4) is 0 Å². The zero-order valence-electron chi connectivity index (χ0n) is 13.2. The number of H-pyrrole nitrogens is 1. The van der Waals surface area contributed by atoms with Gasteiger partial charge in [-0.25, -0.2) is 0 Å². The van der Waals surface area contributed by atoms with Crippen LogP contribution in [0, 0.1) is 0 Å². The minimum Gasteiger partial charge on any atom is -0.354 e. The average molecular weight is 328 g/mol. The minimum atomic E-state index is 0.125. The topological polar surface area (TPSA) is 39.3 Å². The lowest BCUT2D eigenvalue weighted by Crippen LogP contribution is -2.31. The second-order valence-corrected chi connectivity index (χ2v) is 6.84. The summed E-state index contributed by atoms with van der Waals surface area (Å²) < 4.78 is 0. The number of likely N-dealkylation sites (N-methyl/N-ethyl adjacent to an activating group) is 1. The molecule has 0 radical (unpaired) electrons. The fourth-order valence-electron chi connectivity index (χ4n) is 3.24. The monoisotopic (exact) mass is 327 g/mol. The summed E-state index contributed by atoms with van der Waals surface area (Å²) in [5, 5.41) is 2.96. The van der Waals surface area contributed by atoms with Crippen molar-refractivity contribution < 1.29 is 4.79 Å². The second-order valence-electron chi connectivity index (χ2n) is 6.40. The van der Waals surface area contributed by atoms with Gasteiger partial charge in [0.1, 0.15) is 0 Å². The number of nitrogens with one attached hydrogen (secondary N) is 1. The molecule has 5 heteroatoms. The van der Waals surface area contributed by atoms with Crippen LogP contribution in [0.1, 0.15) is 15.9 Å². The van der Waals surface area contributed by atoms with Crippen molar-refractivity contribution in [2.75, 3.05) is 27.2 Å². The molecule has 0 atom stereocenters. The van der Waals surface area contributed by atoms with Crippen LogP contribution >= 0.6 is 11.6 Å². The summed E-state index contributed by atoms with van der Waals surface area (Å²) in [7, 11) is 4.04. The Kier molecular flexibility index (Phi) is 3.32. The van der Waals surface area contributed by atoms with Gasteiger partial charge in [-0.05, 0) is 50.0 Å². The first-order valence-electron chi connectivity index (χ1n) is 7.71. The summed E-state index contributed by atoms with van der Waals surface area (Å²) in [6, 6.07) is 9.95. The molecule has 118 valence electrons. The van der Waals surface area contributed by atoms with E-state index < -0.39 is 0 Å². The van der Waals surface area contributed by atoms with Gasteiger partial charge in [0.2, 0.25) is 0 Å². The number of halogens is 1. The van der Waals surface area contributed by atoms with Gasteiger partial charge in [-0.2, -0.15) is 0 Å². The van der Waals surface area contributed by atoms with Crippen molar-refractivity contribution in [3.63, 3.8) is 0 Å². The van der Waals surface area contributed by atoms with E-state index in [1.54, 1.807) is 0 Å². The van der Waals surface area contributed by atoms with E-state index in [1.165, 1.54) is 0 Å². The molecule has 0 spiro atoms. The average Bonchev–Trinajstić information content (AvgIpc) is 3.01. The quantitative estimate of drug-likeness (QED) is 0.799. The number of fused-ring (bicyclic) bond motifs is 4. The van der Waals surface area contributed by atoms with Crippen LogP contribution < -0.4 is 0 Å². The highest BCUT2D eigenvalue weighted by atomic mass is 35.5. The third-order valence-electron chi connectivity index (χ3n) is 4.48. The molecular weight excluding hydrogens is 310 g/mol. The number of benzene rings is 2. The molecule has 1 N–H and O–H groups in total. The fourth-order valence-corrected chi connectivity index (χ4v) is 3.42. The number of carbonyl (C=O) groups excluding carboxylic acids is 1. The molecule has 1 amide bonds. The first-order chi connectivity index (χ1) is 11.0. The predicted molar refractivity (Wildman–Crippen MR) is 94.1 cm³/mol. The highest BCUT2D eigenvalue weighted by Gasteiger charge is 2.28. The molecule has 2 heterocycles. The Morgan fingerprint density at radius 1 is 1.17 bits per heavy atom. The van der Waals surface area contributed by atoms with Crippen molar-refractivity contribution in [1.82, 2.24) is 14.8 Å². The van der Waals surface area contributed by atoms with Gasteiger partial charge in [-0.1, -0.05) is 11.6 Å². The van der Waals surface area contributed by atoms with Crippen LogP contribution in [0.2, 0.25) is 5.02 Å². The predicted octanol–water partition coefficient (Wildman–Crippen LogP) is 3.49. The zero-order chi connectivity index (χ0) is 16.1. The lowest BCUT2D eigenvalue weighted by Gasteiger charge is -2.18. The molecule has 0 bridgehead atoms. The Balaban J connectivity index is 1.78. The van der Waals surface area contributed by atoms with Gasteiger partial charge < -0.3 is 14.8 Å². The smallest absolute Gasteiger partial charge is 0.254 e. The van der Waals surface area contributed by atoms with Crippen LogP contribution in [0.3, 0.4) is 0 Å². The van der Waals surface area contributed by atoms with Crippen LogP contribution in [0.15, 0.2) is 30.3 Å². The lowest BCUT2D eigenvalue weighted by molar-refractivity contribution is 0.0768. The van der Waals surface area contributed by atoms with E-state index in [4.69, 9.17) is 11.6 Å². The number of rotatable bonds is 3. The third-order valence-corrected chi connectivity index (χ3v) is 4.72. The maximum Gasteiger partial charge on any atom is 0.254 e. The molecule has 1 aliphatic rings. The number of aromatic nitrogens is 1. The molecule has 0 fully saturated rings. The van der Waals surface area contributed by atoms with Crippen LogP contribution in [-0.4, -0.2) is 47.9 Å². The van der Waals surface area contributed by atoms with E-state index >= 15 is 0 Å². The molecule has 1 aliphatic heterocycles.